The topological polar surface area (TPSA) is 29.5 Å². The number of rotatable bonds is 5. The molecule has 0 bridgehead atoms. The van der Waals surface area contributed by atoms with Crippen molar-refractivity contribution in [1.82, 2.24) is 0 Å². The minimum absolute atomic E-state index is 0.104. The monoisotopic (exact) mass is 292 g/mol. The van der Waals surface area contributed by atoms with Crippen LogP contribution in [0.3, 0.4) is 0 Å². The van der Waals surface area contributed by atoms with Crippen molar-refractivity contribution in [2.75, 3.05) is 6.61 Å². The molecule has 2 heteroatoms. The van der Waals surface area contributed by atoms with Gasteiger partial charge in [0.2, 0.25) is 0 Å². The molecule has 1 rings (SSSR count). The molecule has 0 aliphatic carbocycles. The second-order valence-corrected chi connectivity index (χ2v) is 7.92. The van der Waals surface area contributed by atoms with Crippen molar-refractivity contribution >= 4 is 0 Å². The molecule has 2 nitrogen and oxygen atoms in total. The van der Waals surface area contributed by atoms with Crippen molar-refractivity contribution in [3.8, 4) is 11.5 Å². The Hall–Kier alpha value is -1.18. The molecule has 21 heavy (non-hydrogen) atoms. The molecular formula is C19H32O2. The highest BCUT2D eigenvalue weighted by atomic mass is 16.5. The van der Waals surface area contributed by atoms with E-state index in [9.17, 15) is 5.11 Å². The van der Waals surface area contributed by atoms with Gasteiger partial charge in [0.25, 0.3) is 0 Å². The maximum atomic E-state index is 10.6. The number of ether oxygens (including phenoxy) is 1. The molecule has 0 amide bonds. The molecule has 0 aliphatic rings. The van der Waals surface area contributed by atoms with Gasteiger partial charge in [-0.25, -0.2) is 0 Å². The van der Waals surface area contributed by atoms with Gasteiger partial charge in [-0.1, -0.05) is 61.3 Å². The summed E-state index contributed by atoms with van der Waals surface area (Å²) in [6, 6.07) is 3.99. The van der Waals surface area contributed by atoms with E-state index in [0.29, 0.717) is 5.75 Å². The third-order valence-electron chi connectivity index (χ3n) is 3.72. The highest BCUT2D eigenvalue weighted by molar-refractivity contribution is 5.51. The first-order chi connectivity index (χ1) is 9.57. The molecule has 0 aromatic heterocycles. The van der Waals surface area contributed by atoms with Crippen LogP contribution in [0.5, 0.6) is 11.5 Å². The van der Waals surface area contributed by atoms with Crippen LogP contribution in [0.2, 0.25) is 0 Å². The van der Waals surface area contributed by atoms with Gasteiger partial charge in [0, 0.05) is 11.1 Å². The van der Waals surface area contributed by atoms with E-state index in [4.69, 9.17) is 4.74 Å². The predicted octanol–water partition coefficient (Wildman–Crippen LogP) is 5.56. The summed E-state index contributed by atoms with van der Waals surface area (Å²) in [4.78, 5) is 0. The van der Waals surface area contributed by atoms with E-state index in [2.05, 4.69) is 48.5 Å². The molecule has 0 aliphatic heterocycles. The maximum Gasteiger partial charge on any atom is 0.123 e. The van der Waals surface area contributed by atoms with Gasteiger partial charge in [-0.05, 0) is 29.4 Å². The molecule has 0 atom stereocenters. The zero-order chi connectivity index (χ0) is 16.3. The lowest BCUT2D eigenvalue weighted by atomic mass is 9.79. The zero-order valence-corrected chi connectivity index (χ0v) is 14.8. The summed E-state index contributed by atoms with van der Waals surface area (Å²) in [5.74, 6) is 1.29. The van der Waals surface area contributed by atoms with Crippen LogP contribution >= 0.6 is 0 Å². The molecule has 0 fully saturated rings. The summed E-state index contributed by atoms with van der Waals surface area (Å²) in [5, 5.41) is 10.6. The quantitative estimate of drug-likeness (QED) is 0.720. The highest BCUT2D eigenvalue weighted by Gasteiger charge is 2.26. The van der Waals surface area contributed by atoms with Crippen molar-refractivity contribution in [3.63, 3.8) is 0 Å². The fraction of sp³-hybridized carbons (Fsp3) is 0.684. The molecule has 0 spiro atoms. The Balaban J connectivity index is 3.15. The van der Waals surface area contributed by atoms with Crippen molar-refractivity contribution in [2.24, 2.45) is 0 Å². The van der Waals surface area contributed by atoms with Gasteiger partial charge < -0.3 is 9.84 Å². The average Bonchev–Trinajstić information content (AvgIpc) is 2.33. The molecular weight excluding hydrogens is 260 g/mol. The first-order valence-corrected chi connectivity index (χ1v) is 8.08. The number of aromatic hydroxyl groups is 1. The summed E-state index contributed by atoms with van der Waals surface area (Å²) in [6.45, 7) is 15.7. The minimum Gasteiger partial charge on any atom is -0.507 e. The van der Waals surface area contributed by atoms with E-state index in [1.165, 1.54) is 12.8 Å². The summed E-state index contributed by atoms with van der Waals surface area (Å²) in [7, 11) is 0. The van der Waals surface area contributed by atoms with Gasteiger partial charge in [-0.3, -0.25) is 0 Å². The molecule has 1 N–H and O–H groups in total. The van der Waals surface area contributed by atoms with E-state index in [0.717, 1.165) is 29.9 Å². The Labute approximate surface area is 130 Å². The predicted molar refractivity (Wildman–Crippen MR) is 90.5 cm³/mol. The number of hydrogen-bond donors (Lipinski definition) is 1. The van der Waals surface area contributed by atoms with Crippen LogP contribution in [-0.2, 0) is 10.8 Å². The smallest absolute Gasteiger partial charge is 0.123 e. The van der Waals surface area contributed by atoms with Crippen LogP contribution in [0, 0.1) is 0 Å². The summed E-state index contributed by atoms with van der Waals surface area (Å²) < 4.78 is 5.92. The lowest BCUT2D eigenvalue weighted by molar-refractivity contribution is 0.303. The average molecular weight is 292 g/mol. The molecule has 0 heterocycles. The van der Waals surface area contributed by atoms with Crippen LogP contribution in [0.1, 0.15) is 78.9 Å². The lowest BCUT2D eigenvalue weighted by Crippen LogP contribution is -2.17. The van der Waals surface area contributed by atoms with Crippen molar-refractivity contribution in [1.29, 1.82) is 0 Å². The van der Waals surface area contributed by atoms with Gasteiger partial charge in [0.1, 0.15) is 11.5 Å². The maximum absolute atomic E-state index is 10.6. The van der Waals surface area contributed by atoms with Gasteiger partial charge in [-0.2, -0.15) is 0 Å². The van der Waals surface area contributed by atoms with Crippen LogP contribution in [0.4, 0.5) is 0 Å². The van der Waals surface area contributed by atoms with Crippen LogP contribution < -0.4 is 4.74 Å². The van der Waals surface area contributed by atoms with Crippen molar-refractivity contribution in [3.05, 3.63) is 23.3 Å². The van der Waals surface area contributed by atoms with E-state index >= 15 is 0 Å². The van der Waals surface area contributed by atoms with Crippen molar-refractivity contribution < 1.29 is 9.84 Å². The molecule has 0 radical (unpaired) electrons. The zero-order valence-electron chi connectivity index (χ0n) is 14.8. The first-order valence-electron chi connectivity index (χ1n) is 8.08. The number of unbranched alkanes of at least 4 members (excludes halogenated alkanes) is 2. The highest BCUT2D eigenvalue weighted by Crippen LogP contribution is 2.41. The molecule has 0 unspecified atom stereocenters. The number of phenols is 1. The van der Waals surface area contributed by atoms with Crippen LogP contribution in [0.15, 0.2) is 12.1 Å². The number of benzene rings is 1. The summed E-state index contributed by atoms with van der Waals surface area (Å²) in [6.07, 6.45) is 3.46. The Morgan fingerprint density at radius 1 is 0.905 bits per heavy atom. The summed E-state index contributed by atoms with van der Waals surface area (Å²) in [5.41, 5.74) is 1.71. The second-order valence-electron chi connectivity index (χ2n) is 7.92. The molecule has 1 aromatic rings. The van der Waals surface area contributed by atoms with E-state index in [1.807, 2.05) is 12.1 Å². The third kappa shape index (κ3) is 4.94. The number of hydrogen-bond acceptors (Lipinski definition) is 2. The molecule has 120 valence electrons. The fourth-order valence-corrected chi connectivity index (χ4v) is 2.38. The first kappa shape index (κ1) is 17.9. The van der Waals surface area contributed by atoms with Crippen molar-refractivity contribution in [2.45, 2.75) is 78.6 Å². The Morgan fingerprint density at radius 2 is 1.38 bits per heavy atom. The van der Waals surface area contributed by atoms with E-state index < -0.39 is 0 Å². The van der Waals surface area contributed by atoms with Crippen LogP contribution in [-0.4, -0.2) is 11.7 Å². The van der Waals surface area contributed by atoms with Gasteiger partial charge in [-0.15, -0.1) is 0 Å². The lowest BCUT2D eigenvalue weighted by Gasteiger charge is -2.28. The molecule has 0 saturated heterocycles. The van der Waals surface area contributed by atoms with Crippen LogP contribution in [0.25, 0.3) is 0 Å². The minimum atomic E-state index is -0.104. The Kier molecular flexibility index (Phi) is 5.72. The normalized spacial score (nSPS) is 12.5. The largest absolute Gasteiger partial charge is 0.507 e. The van der Waals surface area contributed by atoms with E-state index in [-0.39, 0.29) is 10.8 Å². The molecule has 1 aromatic carbocycles. The van der Waals surface area contributed by atoms with Gasteiger partial charge >= 0.3 is 0 Å². The fourth-order valence-electron chi connectivity index (χ4n) is 2.38. The van der Waals surface area contributed by atoms with E-state index in [1.54, 1.807) is 0 Å². The van der Waals surface area contributed by atoms with Gasteiger partial charge in [0.15, 0.2) is 0 Å². The standard InChI is InChI=1S/C19H32O2/c1-8-9-10-11-21-14-12-15(18(2,3)4)17(20)16(13-14)19(5,6)7/h12-13,20H,8-11H2,1-7H3. The summed E-state index contributed by atoms with van der Waals surface area (Å²) >= 11 is 0. The second kappa shape index (κ2) is 6.72. The van der Waals surface area contributed by atoms with Gasteiger partial charge in [0.05, 0.1) is 6.61 Å². The third-order valence-corrected chi connectivity index (χ3v) is 3.72. The Morgan fingerprint density at radius 3 is 1.76 bits per heavy atom. The SMILES string of the molecule is CCCCCOc1cc(C(C)(C)C)c(O)c(C(C)(C)C)c1. The number of phenolic OH excluding ortho intramolecular Hbond substituents is 1. The Bertz CT molecular complexity index is 426. The molecule has 0 saturated carbocycles.